The lowest BCUT2D eigenvalue weighted by atomic mass is 10.1. The van der Waals surface area contributed by atoms with Gasteiger partial charge in [0.1, 0.15) is 0 Å². The minimum absolute atomic E-state index is 0.267. The Morgan fingerprint density at radius 3 is 2.58 bits per heavy atom. The van der Waals surface area contributed by atoms with Crippen molar-refractivity contribution in [2.45, 2.75) is 42.7 Å². The molecule has 2 rings (SSSR count). The molecule has 1 aliphatic heterocycles. The number of ether oxygens (including phenoxy) is 2. The molecule has 1 aliphatic carbocycles. The molecule has 2 fully saturated rings. The van der Waals surface area contributed by atoms with Gasteiger partial charge in [0.2, 0.25) is 0 Å². The van der Waals surface area contributed by atoms with E-state index in [0.29, 0.717) is 4.83 Å². The minimum atomic E-state index is -0.267. The molecule has 0 aromatic rings. The van der Waals surface area contributed by atoms with Crippen LogP contribution in [0, 0.1) is 0 Å². The number of hydrogen-bond donors (Lipinski definition) is 0. The third-order valence-corrected chi connectivity index (χ3v) is 3.89. The van der Waals surface area contributed by atoms with E-state index in [9.17, 15) is 0 Å². The Morgan fingerprint density at radius 2 is 1.83 bits per heavy atom. The van der Waals surface area contributed by atoms with E-state index < -0.39 is 0 Å². The zero-order valence-corrected chi connectivity index (χ0v) is 8.81. The molecule has 0 radical (unpaired) electrons. The molecule has 1 saturated carbocycles. The molecule has 2 aliphatic rings. The molecular formula is C9H15BrO2. The van der Waals surface area contributed by atoms with Crippen LogP contribution in [0.3, 0.4) is 0 Å². The van der Waals surface area contributed by atoms with Gasteiger partial charge < -0.3 is 9.47 Å². The van der Waals surface area contributed by atoms with Crippen molar-refractivity contribution >= 4 is 15.9 Å². The van der Waals surface area contributed by atoms with Gasteiger partial charge in [0.15, 0.2) is 5.79 Å². The molecule has 0 aromatic heterocycles. The maximum atomic E-state index is 5.70. The molecule has 12 heavy (non-hydrogen) atoms. The Labute approximate surface area is 81.7 Å². The summed E-state index contributed by atoms with van der Waals surface area (Å²) in [5.74, 6) is -0.267. The van der Waals surface area contributed by atoms with Crippen LogP contribution in [0.25, 0.3) is 0 Å². The highest BCUT2D eigenvalue weighted by Crippen LogP contribution is 2.38. The lowest BCUT2D eigenvalue weighted by molar-refractivity contribution is -0.159. The van der Waals surface area contributed by atoms with E-state index in [1.54, 1.807) is 0 Å². The van der Waals surface area contributed by atoms with Gasteiger partial charge >= 0.3 is 0 Å². The summed E-state index contributed by atoms with van der Waals surface area (Å²) < 4.78 is 11.4. The zero-order chi connectivity index (χ0) is 8.44. The molecule has 70 valence electrons. The maximum absolute atomic E-state index is 5.70. The maximum Gasteiger partial charge on any atom is 0.180 e. The number of alkyl halides is 1. The standard InChI is InChI=1S/C9H15BrO2/c10-8-4-2-1-3-5-9(8)11-6-7-12-9/h8H,1-7H2/t8-/m0/s1. The summed E-state index contributed by atoms with van der Waals surface area (Å²) in [6.45, 7) is 1.53. The summed E-state index contributed by atoms with van der Waals surface area (Å²) in [7, 11) is 0. The summed E-state index contributed by atoms with van der Waals surface area (Å²) >= 11 is 3.67. The van der Waals surface area contributed by atoms with Crippen molar-refractivity contribution in [3.63, 3.8) is 0 Å². The largest absolute Gasteiger partial charge is 0.346 e. The monoisotopic (exact) mass is 234 g/mol. The summed E-state index contributed by atoms with van der Waals surface area (Å²) in [5.41, 5.74) is 0. The van der Waals surface area contributed by atoms with Gasteiger partial charge in [-0.05, 0) is 12.8 Å². The minimum Gasteiger partial charge on any atom is -0.346 e. The van der Waals surface area contributed by atoms with Crippen molar-refractivity contribution in [2.24, 2.45) is 0 Å². The van der Waals surface area contributed by atoms with Crippen molar-refractivity contribution in [1.82, 2.24) is 0 Å². The second-order valence-corrected chi connectivity index (χ2v) is 4.68. The molecule has 3 heteroatoms. The molecule has 1 heterocycles. The van der Waals surface area contributed by atoms with Crippen LogP contribution in [-0.2, 0) is 9.47 Å². The second-order valence-electron chi connectivity index (χ2n) is 3.58. The molecule has 0 unspecified atom stereocenters. The lowest BCUT2D eigenvalue weighted by Gasteiger charge is -2.30. The van der Waals surface area contributed by atoms with Crippen LogP contribution in [0.5, 0.6) is 0 Å². The van der Waals surface area contributed by atoms with Gasteiger partial charge in [-0.25, -0.2) is 0 Å². The van der Waals surface area contributed by atoms with E-state index in [1.165, 1.54) is 25.7 Å². The summed E-state index contributed by atoms with van der Waals surface area (Å²) in [6, 6.07) is 0. The number of halogens is 1. The first-order valence-electron chi connectivity index (χ1n) is 4.75. The molecule has 0 aromatic carbocycles. The highest BCUT2D eigenvalue weighted by molar-refractivity contribution is 9.09. The molecular weight excluding hydrogens is 220 g/mol. The SMILES string of the molecule is Br[C@H]1CCCCCC12OCCO2. The summed E-state index contributed by atoms with van der Waals surface area (Å²) in [5, 5.41) is 0. The van der Waals surface area contributed by atoms with Crippen molar-refractivity contribution in [3.05, 3.63) is 0 Å². The van der Waals surface area contributed by atoms with E-state index in [2.05, 4.69) is 15.9 Å². The van der Waals surface area contributed by atoms with Gasteiger partial charge in [-0.2, -0.15) is 0 Å². The smallest absolute Gasteiger partial charge is 0.180 e. The summed E-state index contributed by atoms with van der Waals surface area (Å²) in [6.07, 6.45) is 6.09. The Balaban J connectivity index is 2.08. The molecule has 1 saturated heterocycles. The van der Waals surface area contributed by atoms with Crippen molar-refractivity contribution in [2.75, 3.05) is 13.2 Å². The van der Waals surface area contributed by atoms with Crippen LogP contribution in [0.4, 0.5) is 0 Å². The molecule has 2 nitrogen and oxygen atoms in total. The number of rotatable bonds is 0. The summed E-state index contributed by atoms with van der Waals surface area (Å²) in [4.78, 5) is 0.398. The average molecular weight is 235 g/mol. The predicted molar refractivity (Wildman–Crippen MR) is 50.4 cm³/mol. The highest BCUT2D eigenvalue weighted by Gasteiger charge is 2.43. The first kappa shape index (κ1) is 8.97. The Morgan fingerprint density at radius 1 is 1.08 bits per heavy atom. The quantitative estimate of drug-likeness (QED) is 0.600. The normalized spacial score (nSPS) is 35.2. The van der Waals surface area contributed by atoms with E-state index >= 15 is 0 Å². The topological polar surface area (TPSA) is 18.5 Å². The first-order chi connectivity index (χ1) is 5.83. The van der Waals surface area contributed by atoms with Gasteiger partial charge in [0.05, 0.1) is 18.0 Å². The van der Waals surface area contributed by atoms with Crippen LogP contribution < -0.4 is 0 Å². The fraction of sp³-hybridized carbons (Fsp3) is 1.00. The molecule has 0 bridgehead atoms. The molecule has 1 atom stereocenters. The third kappa shape index (κ3) is 1.54. The van der Waals surface area contributed by atoms with Gasteiger partial charge in [-0.3, -0.25) is 0 Å². The van der Waals surface area contributed by atoms with Crippen LogP contribution in [0.2, 0.25) is 0 Å². The Bertz CT molecular complexity index is 155. The predicted octanol–water partition coefficient (Wildman–Crippen LogP) is 2.46. The van der Waals surface area contributed by atoms with Gasteiger partial charge in [-0.1, -0.05) is 28.8 Å². The second kappa shape index (κ2) is 3.64. The van der Waals surface area contributed by atoms with Crippen molar-refractivity contribution < 1.29 is 9.47 Å². The lowest BCUT2D eigenvalue weighted by Crippen LogP contribution is -2.38. The zero-order valence-electron chi connectivity index (χ0n) is 7.22. The highest BCUT2D eigenvalue weighted by atomic mass is 79.9. The van der Waals surface area contributed by atoms with Crippen molar-refractivity contribution in [3.8, 4) is 0 Å². The third-order valence-electron chi connectivity index (χ3n) is 2.74. The van der Waals surface area contributed by atoms with E-state index in [-0.39, 0.29) is 5.79 Å². The Hall–Kier alpha value is 0.400. The molecule has 0 amide bonds. The van der Waals surface area contributed by atoms with Crippen LogP contribution >= 0.6 is 15.9 Å². The molecule has 0 N–H and O–H groups in total. The van der Waals surface area contributed by atoms with E-state index in [1.807, 2.05) is 0 Å². The fourth-order valence-corrected chi connectivity index (χ4v) is 2.86. The van der Waals surface area contributed by atoms with Crippen molar-refractivity contribution in [1.29, 1.82) is 0 Å². The fourth-order valence-electron chi connectivity index (χ4n) is 2.04. The first-order valence-corrected chi connectivity index (χ1v) is 5.67. The van der Waals surface area contributed by atoms with E-state index in [4.69, 9.17) is 9.47 Å². The molecule has 1 spiro atoms. The van der Waals surface area contributed by atoms with Crippen LogP contribution in [0.1, 0.15) is 32.1 Å². The van der Waals surface area contributed by atoms with Crippen LogP contribution in [-0.4, -0.2) is 23.8 Å². The van der Waals surface area contributed by atoms with Gasteiger partial charge in [0.25, 0.3) is 0 Å². The van der Waals surface area contributed by atoms with Gasteiger partial charge in [-0.15, -0.1) is 0 Å². The van der Waals surface area contributed by atoms with E-state index in [0.717, 1.165) is 19.6 Å². The van der Waals surface area contributed by atoms with Crippen LogP contribution in [0.15, 0.2) is 0 Å². The average Bonchev–Trinajstić information content (AvgIpc) is 2.45. The Kier molecular flexibility index (Phi) is 2.72. The van der Waals surface area contributed by atoms with Gasteiger partial charge in [0, 0.05) is 6.42 Å². The number of hydrogen-bond acceptors (Lipinski definition) is 2.